The molecule has 0 saturated carbocycles. The van der Waals surface area contributed by atoms with Gasteiger partial charge in [-0.1, -0.05) is 35.0 Å². The van der Waals surface area contributed by atoms with Crippen LogP contribution in [-0.2, 0) is 0 Å². The molecular weight excluding hydrogens is 288 g/mol. The van der Waals surface area contributed by atoms with Gasteiger partial charge in [-0.2, -0.15) is 0 Å². The Kier molecular flexibility index (Phi) is 5.67. The first kappa shape index (κ1) is 14.0. The van der Waals surface area contributed by atoms with E-state index in [9.17, 15) is 0 Å². The van der Waals surface area contributed by atoms with Gasteiger partial charge in [0, 0.05) is 10.5 Å². The van der Waals surface area contributed by atoms with Crippen molar-refractivity contribution < 1.29 is 0 Å². The third kappa shape index (κ3) is 4.08. The van der Waals surface area contributed by atoms with Gasteiger partial charge in [0.15, 0.2) is 0 Å². The van der Waals surface area contributed by atoms with Crippen LogP contribution >= 0.6 is 15.9 Å². The first-order valence-electron chi connectivity index (χ1n) is 7.01. The molecule has 0 aliphatic carbocycles. The molecule has 1 aliphatic rings. The summed E-state index contributed by atoms with van der Waals surface area (Å²) in [6.07, 6.45) is 3.96. The van der Waals surface area contributed by atoms with Gasteiger partial charge in [-0.25, -0.2) is 0 Å². The zero-order valence-corrected chi connectivity index (χ0v) is 12.7. The van der Waals surface area contributed by atoms with Crippen molar-refractivity contribution in [2.45, 2.75) is 32.2 Å². The number of benzene rings is 1. The highest BCUT2D eigenvalue weighted by Gasteiger charge is 2.15. The Bertz CT molecular complexity index is 344. The standard InChI is InChI=1S/C15H23BrN2/c1-2-17-15(9-12-18-10-3-4-11-18)13-5-7-14(16)8-6-13/h5-8,15,17H,2-4,9-12H2,1H3. The number of likely N-dealkylation sites (tertiary alicyclic amines) is 1. The Morgan fingerprint density at radius 2 is 1.89 bits per heavy atom. The van der Waals surface area contributed by atoms with Crippen LogP contribution in [0, 0.1) is 0 Å². The van der Waals surface area contributed by atoms with Crippen molar-refractivity contribution in [2.75, 3.05) is 26.2 Å². The maximum absolute atomic E-state index is 3.60. The lowest BCUT2D eigenvalue weighted by molar-refractivity contribution is 0.311. The van der Waals surface area contributed by atoms with Crippen molar-refractivity contribution in [1.82, 2.24) is 10.2 Å². The van der Waals surface area contributed by atoms with Crippen LogP contribution in [0.25, 0.3) is 0 Å². The summed E-state index contributed by atoms with van der Waals surface area (Å²) >= 11 is 3.50. The molecule has 0 spiro atoms. The topological polar surface area (TPSA) is 15.3 Å². The van der Waals surface area contributed by atoms with E-state index in [0.717, 1.165) is 11.0 Å². The predicted octanol–water partition coefficient (Wildman–Crippen LogP) is 3.59. The van der Waals surface area contributed by atoms with Gasteiger partial charge in [0.05, 0.1) is 0 Å². The van der Waals surface area contributed by atoms with Crippen LogP contribution in [0.5, 0.6) is 0 Å². The summed E-state index contributed by atoms with van der Waals surface area (Å²) in [6.45, 7) is 7.01. The summed E-state index contributed by atoms with van der Waals surface area (Å²) in [7, 11) is 0. The Hall–Kier alpha value is -0.380. The second-order valence-electron chi connectivity index (χ2n) is 5.00. The van der Waals surface area contributed by atoms with E-state index in [1.165, 1.54) is 44.5 Å². The van der Waals surface area contributed by atoms with Gasteiger partial charge >= 0.3 is 0 Å². The van der Waals surface area contributed by atoms with Crippen molar-refractivity contribution >= 4 is 15.9 Å². The minimum Gasteiger partial charge on any atom is -0.310 e. The first-order valence-corrected chi connectivity index (χ1v) is 7.80. The summed E-state index contributed by atoms with van der Waals surface area (Å²) in [5.74, 6) is 0. The van der Waals surface area contributed by atoms with E-state index in [2.05, 4.69) is 57.3 Å². The zero-order chi connectivity index (χ0) is 12.8. The molecule has 1 heterocycles. The molecule has 1 saturated heterocycles. The molecule has 100 valence electrons. The van der Waals surface area contributed by atoms with Gasteiger partial charge in [0.1, 0.15) is 0 Å². The number of nitrogens with one attached hydrogen (secondary N) is 1. The summed E-state index contributed by atoms with van der Waals surface area (Å²) in [4.78, 5) is 2.59. The molecule has 0 radical (unpaired) electrons. The molecule has 1 aliphatic heterocycles. The summed E-state index contributed by atoms with van der Waals surface area (Å²) in [5.41, 5.74) is 1.40. The molecule has 1 atom stereocenters. The molecule has 1 aromatic rings. The van der Waals surface area contributed by atoms with Crippen LogP contribution in [0.2, 0.25) is 0 Å². The Balaban J connectivity index is 1.91. The van der Waals surface area contributed by atoms with Crippen molar-refractivity contribution in [3.05, 3.63) is 34.3 Å². The smallest absolute Gasteiger partial charge is 0.0332 e. The number of hydrogen-bond donors (Lipinski definition) is 1. The van der Waals surface area contributed by atoms with Crippen molar-refractivity contribution in [3.63, 3.8) is 0 Å². The summed E-state index contributed by atoms with van der Waals surface area (Å²) in [5, 5.41) is 3.60. The van der Waals surface area contributed by atoms with Crippen LogP contribution in [-0.4, -0.2) is 31.1 Å². The average molecular weight is 311 g/mol. The molecule has 18 heavy (non-hydrogen) atoms. The fourth-order valence-electron chi connectivity index (χ4n) is 2.65. The SMILES string of the molecule is CCNC(CCN1CCCC1)c1ccc(Br)cc1. The number of nitrogens with zero attached hydrogens (tertiary/aromatic N) is 1. The second-order valence-corrected chi connectivity index (χ2v) is 5.91. The van der Waals surface area contributed by atoms with E-state index in [1.807, 2.05) is 0 Å². The molecule has 1 fully saturated rings. The lowest BCUT2D eigenvalue weighted by Gasteiger charge is -2.22. The highest BCUT2D eigenvalue weighted by Crippen LogP contribution is 2.21. The van der Waals surface area contributed by atoms with E-state index in [0.29, 0.717) is 6.04 Å². The molecule has 1 unspecified atom stereocenters. The Labute approximate surface area is 119 Å². The molecule has 0 aromatic heterocycles. The molecular formula is C15H23BrN2. The van der Waals surface area contributed by atoms with Crippen molar-refractivity contribution in [3.8, 4) is 0 Å². The van der Waals surface area contributed by atoms with Crippen molar-refractivity contribution in [2.24, 2.45) is 0 Å². The van der Waals surface area contributed by atoms with Crippen LogP contribution in [0.15, 0.2) is 28.7 Å². The van der Waals surface area contributed by atoms with Crippen LogP contribution in [0.3, 0.4) is 0 Å². The van der Waals surface area contributed by atoms with Gasteiger partial charge in [-0.3, -0.25) is 0 Å². The Morgan fingerprint density at radius 1 is 1.22 bits per heavy atom. The van der Waals surface area contributed by atoms with Gasteiger partial charge < -0.3 is 10.2 Å². The quantitative estimate of drug-likeness (QED) is 0.864. The highest BCUT2D eigenvalue weighted by molar-refractivity contribution is 9.10. The fourth-order valence-corrected chi connectivity index (χ4v) is 2.91. The first-order chi connectivity index (χ1) is 8.79. The van der Waals surface area contributed by atoms with Crippen LogP contribution < -0.4 is 5.32 Å². The van der Waals surface area contributed by atoms with Gasteiger partial charge in [0.25, 0.3) is 0 Å². The van der Waals surface area contributed by atoms with Crippen molar-refractivity contribution in [1.29, 1.82) is 0 Å². The molecule has 2 nitrogen and oxygen atoms in total. The summed E-state index contributed by atoms with van der Waals surface area (Å²) in [6, 6.07) is 9.21. The third-order valence-corrected chi connectivity index (χ3v) is 4.18. The van der Waals surface area contributed by atoms with E-state index < -0.39 is 0 Å². The summed E-state index contributed by atoms with van der Waals surface area (Å²) < 4.78 is 1.15. The Morgan fingerprint density at radius 3 is 2.50 bits per heavy atom. The van der Waals surface area contributed by atoms with E-state index in [4.69, 9.17) is 0 Å². The van der Waals surface area contributed by atoms with Crippen LogP contribution in [0.1, 0.15) is 37.8 Å². The molecule has 0 bridgehead atoms. The maximum Gasteiger partial charge on any atom is 0.0332 e. The van der Waals surface area contributed by atoms with Gasteiger partial charge in [-0.05, 0) is 63.1 Å². The van der Waals surface area contributed by atoms with Gasteiger partial charge in [0.2, 0.25) is 0 Å². The minimum atomic E-state index is 0.490. The van der Waals surface area contributed by atoms with E-state index in [1.54, 1.807) is 0 Å². The molecule has 2 rings (SSSR count). The second kappa shape index (κ2) is 7.27. The van der Waals surface area contributed by atoms with E-state index >= 15 is 0 Å². The minimum absolute atomic E-state index is 0.490. The third-order valence-electron chi connectivity index (χ3n) is 3.66. The number of hydrogen-bond acceptors (Lipinski definition) is 2. The molecule has 1 aromatic carbocycles. The average Bonchev–Trinajstić information content (AvgIpc) is 2.89. The highest BCUT2D eigenvalue weighted by atomic mass is 79.9. The monoisotopic (exact) mass is 310 g/mol. The number of rotatable bonds is 6. The molecule has 3 heteroatoms. The fraction of sp³-hybridized carbons (Fsp3) is 0.600. The molecule has 1 N–H and O–H groups in total. The molecule has 0 amide bonds. The van der Waals surface area contributed by atoms with Gasteiger partial charge in [-0.15, -0.1) is 0 Å². The number of halogens is 1. The van der Waals surface area contributed by atoms with E-state index in [-0.39, 0.29) is 0 Å². The largest absolute Gasteiger partial charge is 0.310 e. The normalized spacial score (nSPS) is 18.1. The zero-order valence-electron chi connectivity index (χ0n) is 11.2. The predicted molar refractivity (Wildman–Crippen MR) is 80.9 cm³/mol. The lowest BCUT2D eigenvalue weighted by atomic mass is 10.0. The lowest BCUT2D eigenvalue weighted by Crippen LogP contribution is -2.27. The maximum atomic E-state index is 3.60. The van der Waals surface area contributed by atoms with Crippen LogP contribution in [0.4, 0.5) is 0 Å².